The minimum Gasteiger partial charge on any atom is -0.358 e. The number of nitrogens with two attached hydrogens (primary N) is 2. The average molecular weight is 150 g/mol. The van der Waals surface area contributed by atoms with Crippen LogP contribution < -0.4 is 11.1 Å². The molecule has 56 valence electrons. The molecule has 0 aliphatic heterocycles. The molecule has 0 spiro atoms. The number of methoxy groups -OCH3 is 2. The van der Waals surface area contributed by atoms with Gasteiger partial charge in [-0.2, -0.15) is 0 Å². The number of hydrogen-bond acceptors (Lipinski definition) is 4. The van der Waals surface area contributed by atoms with Crippen LogP contribution in [0.4, 0.5) is 0 Å². The van der Waals surface area contributed by atoms with E-state index >= 15 is 0 Å². The summed E-state index contributed by atoms with van der Waals surface area (Å²) in [4.78, 5) is 0. The van der Waals surface area contributed by atoms with Crippen LogP contribution in [0, 0.1) is 0 Å². The third-order valence-electron chi connectivity index (χ3n) is 1.09. The molecule has 0 saturated heterocycles. The van der Waals surface area contributed by atoms with E-state index in [-0.39, 0.29) is 5.91 Å². The Morgan fingerprint density at radius 3 is 2.00 bits per heavy atom. The van der Waals surface area contributed by atoms with Crippen molar-refractivity contribution in [2.24, 2.45) is 11.1 Å². The van der Waals surface area contributed by atoms with Crippen molar-refractivity contribution in [1.29, 1.82) is 0 Å². The lowest BCUT2D eigenvalue weighted by atomic mass is 11.3. The highest BCUT2D eigenvalue weighted by atomic mass is 28.3. The number of ether oxygens (including phenoxy) is 2. The second kappa shape index (κ2) is 4.89. The first-order valence-corrected chi connectivity index (χ1v) is 4.92. The van der Waals surface area contributed by atoms with E-state index in [1.807, 2.05) is 0 Å². The lowest BCUT2D eigenvalue weighted by Crippen LogP contribution is -2.48. The molecular weight excluding hydrogens is 136 g/mol. The molecule has 0 aliphatic carbocycles. The summed E-state index contributed by atoms with van der Waals surface area (Å²) >= 11 is 0. The zero-order chi connectivity index (χ0) is 7.28. The van der Waals surface area contributed by atoms with Gasteiger partial charge < -0.3 is 20.6 Å². The summed E-state index contributed by atoms with van der Waals surface area (Å²) in [5.41, 5.74) is 5.30. The highest BCUT2D eigenvalue weighted by Crippen LogP contribution is 1.89. The molecule has 0 aromatic carbocycles. The fourth-order valence-electron chi connectivity index (χ4n) is 0.557. The Hall–Kier alpha value is 0.0569. The predicted octanol–water partition coefficient (Wildman–Crippen LogP) is -1.68. The Kier molecular flexibility index (Phi) is 4.92. The molecule has 0 aliphatic rings. The fraction of sp³-hybridized carbons (Fsp3) is 1.00. The van der Waals surface area contributed by atoms with Crippen LogP contribution in [0.3, 0.4) is 0 Å². The van der Waals surface area contributed by atoms with Gasteiger partial charge in [-0.1, -0.05) is 0 Å². The van der Waals surface area contributed by atoms with Gasteiger partial charge in [-0.3, -0.25) is 0 Å². The van der Waals surface area contributed by atoms with Crippen molar-refractivity contribution >= 4 is 8.96 Å². The Morgan fingerprint density at radius 2 is 1.89 bits per heavy atom. The van der Waals surface area contributed by atoms with Crippen LogP contribution in [-0.4, -0.2) is 35.3 Å². The van der Waals surface area contributed by atoms with E-state index in [1.54, 1.807) is 14.2 Å². The van der Waals surface area contributed by atoms with Crippen molar-refractivity contribution in [3.8, 4) is 0 Å². The predicted molar refractivity (Wildman–Crippen MR) is 38.2 cm³/mol. The van der Waals surface area contributed by atoms with Crippen molar-refractivity contribution in [1.82, 2.24) is 0 Å². The van der Waals surface area contributed by atoms with E-state index in [0.717, 1.165) is 0 Å². The second-order valence-corrected chi connectivity index (χ2v) is 4.08. The van der Waals surface area contributed by atoms with Crippen LogP contribution in [0.1, 0.15) is 0 Å². The topological polar surface area (TPSA) is 70.5 Å². The SMILES string of the molecule is COC(OC)[SiH](N)CN. The first kappa shape index (κ1) is 9.06. The molecule has 1 unspecified atom stereocenters. The minimum atomic E-state index is -1.46. The van der Waals surface area contributed by atoms with Gasteiger partial charge in [0.2, 0.25) is 0 Å². The average Bonchev–Trinajstić information content (AvgIpc) is 1.90. The molecule has 0 amide bonds. The summed E-state index contributed by atoms with van der Waals surface area (Å²) < 4.78 is 9.77. The van der Waals surface area contributed by atoms with E-state index in [2.05, 4.69) is 0 Å². The largest absolute Gasteiger partial charge is 0.358 e. The third-order valence-corrected chi connectivity index (χ3v) is 2.87. The number of hydrogen-bond donors (Lipinski definition) is 2. The van der Waals surface area contributed by atoms with Gasteiger partial charge in [0.25, 0.3) is 0 Å². The molecule has 5 heteroatoms. The van der Waals surface area contributed by atoms with Gasteiger partial charge in [-0.25, -0.2) is 0 Å². The summed E-state index contributed by atoms with van der Waals surface area (Å²) in [6, 6.07) is 0. The summed E-state index contributed by atoms with van der Waals surface area (Å²) in [5.74, 6) is -0.241. The lowest BCUT2D eigenvalue weighted by molar-refractivity contribution is -0.0473. The van der Waals surface area contributed by atoms with Gasteiger partial charge >= 0.3 is 0 Å². The maximum absolute atomic E-state index is 5.60. The molecule has 4 nitrogen and oxygen atoms in total. The smallest absolute Gasteiger partial charge is 0.185 e. The molecular formula is C4H14N2O2Si. The summed E-state index contributed by atoms with van der Waals surface area (Å²) in [7, 11) is 1.67. The molecule has 0 radical (unpaired) electrons. The maximum atomic E-state index is 5.60. The number of rotatable bonds is 4. The highest BCUT2D eigenvalue weighted by Gasteiger charge is 2.15. The normalized spacial score (nSPS) is 14.3. The first-order valence-electron chi connectivity index (χ1n) is 2.77. The summed E-state index contributed by atoms with van der Waals surface area (Å²) in [6.45, 7) is 0. The van der Waals surface area contributed by atoms with Gasteiger partial charge in [-0.05, 0) is 0 Å². The zero-order valence-corrected chi connectivity index (χ0v) is 6.99. The lowest BCUT2D eigenvalue weighted by Gasteiger charge is -2.17. The molecule has 0 heterocycles. The van der Waals surface area contributed by atoms with Crippen molar-refractivity contribution < 1.29 is 9.47 Å². The standard InChI is InChI=1S/C4H14N2O2Si/c1-7-4(8-2)9(6)3-5/h4,9H,3,5-6H2,1-2H3. The molecule has 0 aromatic heterocycles. The van der Waals surface area contributed by atoms with Gasteiger partial charge in [0.15, 0.2) is 14.9 Å². The summed E-state index contributed by atoms with van der Waals surface area (Å²) in [6.07, 6.45) is 0.506. The Morgan fingerprint density at radius 1 is 1.44 bits per heavy atom. The molecule has 1 atom stereocenters. The molecule has 0 bridgehead atoms. The maximum Gasteiger partial charge on any atom is 0.185 e. The molecule has 0 aromatic rings. The molecule has 0 saturated carbocycles. The van der Waals surface area contributed by atoms with Crippen LogP contribution >= 0.6 is 0 Å². The van der Waals surface area contributed by atoms with Gasteiger partial charge in [-0.15, -0.1) is 0 Å². The first-order chi connectivity index (χ1) is 4.26. The minimum absolute atomic E-state index is 0.241. The van der Waals surface area contributed by atoms with Crippen LogP contribution in [0.15, 0.2) is 0 Å². The fourth-order valence-corrected chi connectivity index (χ4v) is 1.48. The summed E-state index contributed by atoms with van der Waals surface area (Å²) in [5, 5.41) is 5.60. The van der Waals surface area contributed by atoms with Crippen molar-refractivity contribution in [3.63, 3.8) is 0 Å². The van der Waals surface area contributed by atoms with Crippen LogP contribution in [0.5, 0.6) is 0 Å². The molecule has 9 heavy (non-hydrogen) atoms. The van der Waals surface area contributed by atoms with Crippen LogP contribution in [-0.2, 0) is 9.47 Å². The Labute approximate surface area is 56.8 Å². The monoisotopic (exact) mass is 150 g/mol. The van der Waals surface area contributed by atoms with E-state index in [0.29, 0.717) is 6.17 Å². The van der Waals surface area contributed by atoms with Crippen LogP contribution in [0.25, 0.3) is 0 Å². The second-order valence-electron chi connectivity index (χ2n) is 1.74. The molecule has 4 N–H and O–H groups in total. The van der Waals surface area contributed by atoms with Gasteiger partial charge in [0, 0.05) is 20.4 Å². The third kappa shape index (κ3) is 2.92. The van der Waals surface area contributed by atoms with Crippen molar-refractivity contribution in [2.45, 2.75) is 5.91 Å². The molecule has 0 rings (SSSR count). The highest BCUT2D eigenvalue weighted by molar-refractivity contribution is 6.56. The van der Waals surface area contributed by atoms with Crippen molar-refractivity contribution in [2.75, 3.05) is 20.4 Å². The zero-order valence-electron chi connectivity index (χ0n) is 5.83. The molecule has 0 fully saturated rings. The van der Waals surface area contributed by atoms with E-state index in [4.69, 9.17) is 20.6 Å². The van der Waals surface area contributed by atoms with E-state index in [9.17, 15) is 0 Å². The van der Waals surface area contributed by atoms with E-state index in [1.165, 1.54) is 0 Å². The Bertz CT molecular complexity index is 69.6. The van der Waals surface area contributed by atoms with Crippen LogP contribution in [0.2, 0.25) is 0 Å². The van der Waals surface area contributed by atoms with E-state index < -0.39 is 8.96 Å². The Balaban J connectivity index is 3.50. The van der Waals surface area contributed by atoms with Crippen molar-refractivity contribution in [3.05, 3.63) is 0 Å². The van der Waals surface area contributed by atoms with Gasteiger partial charge in [0.1, 0.15) is 0 Å². The van der Waals surface area contributed by atoms with Gasteiger partial charge in [0.05, 0.1) is 0 Å². The quantitative estimate of drug-likeness (QED) is 0.371.